The van der Waals surface area contributed by atoms with Gasteiger partial charge in [-0.15, -0.1) is 0 Å². The minimum absolute atomic E-state index is 0.0402. The fourth-order valence-electron chi connectivity index (χ4n) is 4.18. The Morgan fingerprint density at radius 3 is 2.48 bits per heavy atom. The lowest BCUT2D eigenvalue weighted by molar-refractivity contribution is -0.143. The number of carbonyl (C=O) groups is 2. The Bertz CT molecular complexity index is 1020. The summed E-state index contributed by atoms with van der Waals surface area (Å²) in [6.45, 7) is 3.76. The van der Waals surface area contributed by atoms with Gasteiger partial charge in [-0.05, 0) is 38.5 Å². The highest BCUT2D eigenvalue weighted by atomic mass is 32.2. The van der Waals surface area contributed by atoms with Crippen molar-refractivity contribution in [3.8, 4) is 0 Å². The number of ether oxygens (including phenoxy) is 1. The van der Waals surface area contributed by atoms with E-state index in [-0.39, 0.29) is 22.1 Å². The normalized spacial score (nSPS) is 29.1. The molecule has 1 amide bonds. The van der Waals surface area contributed by atoms with Gasteiger partial charge in [0.1, 0.15) is 22.7 Å². The minimum atomic E-state index is -3.98. The van der Waals surface area contributed by atoms with Gasteiger partial charge in [0.2, 0.25) is 5.91 Å². The smallest absolute Gasteiger partial charge is 0.223 e. The molecule has 7 nitrogen and oxygen atoms in total. The summed E-state index contributed by atoms with van der Waals surface area (Å²) < 4.78 is 32.0. The molecule has 3 aliphatic rings. The van der Waals surface area contributed by atoms with E-state index in [0.29, 0.717) is 19.4 Å². The van der Waals surface area contributed by atoms with Gasteiger partial charge in [-0.1, -0.05) is 24.3 Å². The number of Topliss-reactive ketones (excluding diaryl/α,β-unsaturated/α-hetero) is 1. The van der Waals surface area contributed by atoms with Crippen LogP contribution in [0.25, 0.3) is 0 Å². The van der Waals surface area contributed by atoms with Gasteiger partial charge in [0.25, 0.3) is 0 Å². The Morgan fingerprint density at radius 2 is 1.86 bits per heavy atom. The molecule has 1 aromatic carbocycles. The maximum absolute atomic E-state index is 13.4. The molecule has 1 fully saturated rings. The molecule has 1 saturated heterocycles. The van der Waals surface area contributed by atoms with Crippen LogP contribution in [0.5, 0.6) is 0 Å². The van der Waals surface area contributed by atoms with Crippen molar-refractivity contribution >= 4 is 21.5 Å². The van der Waals surface area contributed by atoms with Crippen molar-refractivity contribution in [1.82, 2.24) is 4.90 Å². The maximum atomic E-state index is 13.4. The highest BCUT2D eigenvalue weighted by Crippen LogP contribution is 2.40. The van der Waals surface area contributed by atoms with E-state index in [2.05, 4.69) is 0 Å². The van der Waals surface area contributed by atoms with Crippen molar-refractivity contribution in [1.29, 1.82) is 0 Å². The summed E-state index contributed by atoms with van der Waals surface area (Å²) in [5, 5.41) is 9.53. The van der Waals surface area contributed by atoms with Gasteiger partial charge < -0.3 is 14.7 Å². The molecule has 2 heterocycles. The summed E-state index contributed by atoms with van der Waals surface area (Å²) in [7, 11) is -3.98. The average Bonchev–Trinajstić information content (AvgIpc) is 3.09. The second-order valence-electron chi connectivity index (χ2n) is 8.07. The van der Waals surface area contributed by atoms with Gasteiger partial charge in [-0.25, -0.2) is 8.42 Å². The third-order valence-corrected chi connectivity index (χ3v) is 7.71. The lowest BCUT2D eigenvalue weighted by atomic mass is 9.81. The molecular weight excluding hydrogens is 394 g/mol. The summed E-state index contributed by atoms with van der Waals surface area (Å²) in [4.78, 5) is 27.3. The minimum Gasteiger partial charge on any atom is -0.485 e. The molecule has 0 radical (unpaired) electrons. The number of amides is 1. The molecule has 2 aliphatic heterocycles. The Morgan fingerprint density at radius 1 is 1.17 bits per heavy atom. The number of aliphatic hydroxyl groups is 1. The Hall–Kier alpha value is -2.45. The zero-order valence-electron chi connectivity index (χ0n) is 16.2. The first kappa shape index (κ1) is 19.8. The number of nitrogens with zero attached hydrogens (tertiary/aromatic N) is 1. The number of sulfone groups is 1. The van der Waals surface area contributed by atoms with E-state index < -0.39 is 38.6 Å². The summed E-state index contributed by atoms with van der Waals surface area (Å²) in [5.41, 5.74) is -0.985. The van der Waals surface area contributed by atoms with Crippen molar-refractivity contribution in [2.24, 2.45) is 0 Å². The van der Waals surface area contributed by atoms with Crippen molar-refractivity contribution in [3.63, 3.8) is 0 Å². The monoisotopic (exact) mass is 417 g/mol. The lowest BCUT2D eigenvalue weighted by Crippen LogP contribution is -2.60. The van der Waals surface area contributed by atoms with Crippen molar-refractivity contribution in [2.45, 2.75) is 54.6 Å². The highest BCUT2D eigenvalue weighted by molar-refractivity contribution is 7.93. The number of hydrogen-bond donors (Lipinski definition) is 1. The van der Waals surface area contributed by atoms with Crippen molar-refractivity contribution < 1.29 is 27.9 Å². The molecule has 1 unspecified atom stereocenters. The fourth-order valence-corrected chi connectivity index (χ4v) is 5.70. The Labute approximate surface area is 169 Å². The van der Waals surface area contributed by atoms with E-state index in [1.54, 1.807) is 32.0 Å². The molecule has 0 saturated carbocycles. The quantitative estimate of drug-likeness (QED) is 0.798. The summed E-state index contributed by atoms with van der Waals surface area (Å²) >= 11 is 0. The van der Waals surface area contributed by atoms with Crippen LogP contribution >= 0.6 is 0 Å². The molecule has 154 valence electrons. The molecule has 29 heavy (non-hydrogen) atoms. The predicted octanol–water partition coefficient (Wildman–Crippen LogP) is 1.38. The van der Waals surface area contributed by atoms with E-state index in [4.69, 9.17) is 4.74 Å². The zero-order valence-corrected chi connectivity index (χ0v) is 17.1. The summed E-state index contributed by atoms with van der Waals surface area (Å²) in [5.74, 6) is -0.608. The molecule has 1 aromatic rings. The predicted molar refractivity (Wildman–Crippen MR) is 104 cm³/mol. The van der Waals surface area contributed by atoms with E-state index in [1.807, 2.05) is 0 Å². The number of aliphatic hydroxyl groups excluding tert-OH is 1. The fraction of sp³-hybridized carbons (Fsp3) is 0.429. The van der Waals surface area contributed by atoms with Gasteiger partial charge in [-0.2, -0.15) is 0 Å². The van der Waals surface area contributed by atoms with Crippen LogP contribution in [0.4, 0.5) is 0 Å². The van der Waals surface area contributed by atoms with E-state index in [0.717, 1.165) is 0 Å². The molecule has 8 heteroatoms. The topological polar surface area (TPSA) is 101 Å². The number of carbonyl (C=O) groups excluding carboxylic acids is 2. The largest absolute Gasteiger partial charge is 0.485 e. The number of likely N-dealkylation sites (tertiary alicyclic amines) is 1. The third kappa shape index (κ3) is 3.11. The van der Waals surface area contributed by atoms with Crippen LogP contribution in [-0.2, 0) is 24.2 Å². The van der Waals surface area contributed by atoms with Gasteiger partial charge in [0.05, 0.1) is 16.5 Å². The molecular formula is C21H23NO6S. The first-order valence-corrected chi connectivity index (χ1v) is 11.1. The molecule has 3 atom stereocenters. The number of allylic oxidation sites excluding steroid dienone is 1. The van der Waals surface area contributed by atoms with Crippen LogP contribution in [-0.4, -0.2) is 59.7 Å². The molecule has 0 aromatic heterocycles. The van der Waals surface area contributed by atoms with Crippen LogP contribution in [0.1, 0.15) is 26.7 Å². The number of benzene rings is 1. The van der Waals surface area contributed by atoms with Gasteiger partial charge in [0, 0.05) is 13.0 Å². The number of rotatable bonds is 3. The molecule has 0 bridgehead atoms. The first-order chi connectivity index (χ1) is 13.6. The molecule has 1 N–H and O–H groups in total. The van der Waals surface area contributed by atoms with Crippen LogP contribution < -0.4 is 0 Å². The second-order valence-corrected chi connectivity index (χ2v) is 10.1. The standard InChI is InChI=1S/C21H23NO6S/c1-21(2)20(25)18(22-12-6-9-16(22)23)17-14(28-21)10-11-15(19(17)24)29(26,27)13-7-4-3-5-8-13/h3-5,7-8,10-11,15,18,20,25H,6,9,12H2,1-2H3/t15?,18-,20+/m1/s1. The van der Waals surface area contributed by atoms with Gasteiger partial charge in [0.15, 0.2) is 15.6 Å². The first-order valence-electron chi connectivity index (χ1n) is 9.56. The SMILES string of the molecule is CC1(C)OC2=C(C(=O)C(S(=O)(=O)c3ccccc3)C=C2)[C@@H](N2CCCC2=O)[C@@H]1O. The van der Waals surface area contributed by atoms with Crippen molar-refractivity contribution in [2.75, 3.05) is 6.54 Å². The molecule has 4 rings (SSSR count). The van der Waals surface area contributed by atoms with E-state index in [9.17, 15) is 23.1 Å². The Kier molecular flexibility index (Phi) is 4.66. The third-order valence-electron chi connectivity index (χ3n) is 5.74. The van der Waals surface area contributed by atoms with Crippen molar-refractivity contribution in [3.05, 3.63) is 53.8 Å². The average molecular weight is 417 g/mol. The molecule has 0 spiro atoms. The lowest BCUT2D eigenvalue weighted by Gasteiger charge is -2.46. The van der Waals surface area contributed by atoms with Gasteiger partial charge >= 0.3 is 0 Å². The summed E-state index contributed by atoms with van der Waals surface area (Å²) in [6.07, 6.45) is 2.59. The van der Waals surface area contributed by atoms with Crippen LogP contribution in [0.15, 0.2) is 58.7 Å². The van der Waals surface area contributed by atoms with Crippen LogP contribution in [0.3, 0.4) is 0 Å². The van der Waals surface area contributed by atoms with E-state index >= 15 is 0 Å². The maximum Gasteiger partial charge on any atom is 0.223 e. The molecule has 1 aliphatic carbocycles. The van der Waals surface area contributed by atoms with Gasteiger partial charge in [-0.3, -0.25) is 9.59 Å². The number of ketones is 1. The second kappa shape index (κ2) is 6.81. The Balaban J connectivity index is 1.80. The zero-order chi connectivity index (χ0) is 21.0. The van der Waals surface area contributed by atoms with Crippen LogP contribution in [0.2, 0.25) is 0 Å². The number of hydrogen-bond acceptors (Lipinski definition) is 6. The highest BCUT2D eigenvalue weighted by Gasteiger charge is 2.53. The van der Waals surface area contributed by atoms with Crippen LogP contribution in [0, 0.1) is 0 Å². The summed E-state index contributed by atoms with van der Waals surface area (Å²) in [6, 6.07) is 6.83. The van der Waals surface area contributed by atoms with E-state index in [1.165, 1.54) is 29.2 Å².